The second kappa shape index (κ2) is 6.75. The number of oxime groups is 1. The third-order valence-corrected chi connectivity index (χ3v) is 4.32. The van der Waals surface area contributed by atoms with Crippen LogP contribution in [0.3, 0.4) is 0 Å². The van der Waals surface area contributed by atoms with E-state index in [1.165, 1.54) is 6.07 Å². The minimum atomic E-state index is -0.0480. The van der Waals surface area contributed by atoms with E-state index in [4.69, 9.17) is 50.5 Å². The SMILES string of the molecule is N/C(=N/O)c1ccc(Oc2cc(Cl)c(Br)cc2Cl)c(Cl)c1. The van der Waals surface area contributed by atoms with Crippen molar-refractivity contribution in [3.63, 3.8) is 0 Å². The molecule has 0 heterocycles. The Morgan fingerprint density at radius 2 is 1.71 bits per heavy atom. The molecule has 2 rings (SSSR count). The van der Waals surface area contributed by atoms with Gasteiger partial charge in [0.1, 0.15) is 11.5 Å². The molecule has 0 aliphatic heterocycles. The maximum Gasteiger partial charge on any atom is 0.170 e. The Morgan fingerprint density at radius 1 is 1.05 bits per heavy atom. The van der Waals surface area contributed by atoms with Gasteiger partial charge in [0.2, 0.25) is 0 Å². The van der Waals surface area contributed by atoms with Crippen LogP contribution in [0.4, 0.5) is 0 Å². The van der Waals surface area contributed by atoms with Crippen LogP contribution in [0.2, 0.25) is 15.1 Å². The van der Waals surface area contributed by atoms with Crippen molar-refractivity contribution >= 4 is 56.6 Å². The summed E-state index contributed by atoms with van der Waals surface area (Å²) in [7, 11) is 0. The fraction of sp³-hybridized carbons (Fsp3) is 0. The highest BCUT2D eigenvalue weighted by Gasteiger charge is 2.11. The Labute approximate surface area is 144 Å². The molecule has 110 valence electrons. The van der Waals surface area contributed by atoms with Gasteiger partial charge in [0.15, 0.2) is 5.84 Å². The van der Waals surface area contributed by atoms with E-state index in [9.17, 15) is 0 Å². The van der Waals surface area contributed by atoms with Gasteiger partial charge in [-0.15, -0.1) is 0 Å². The zero-order valence-electron chi connectivity index (χ0n) is 10.3. The van der Waals surface area contributed by atoms with E-state index in [2.05, 4.69) is 21.1 Å². The molecule has 0 aliphatic rings. The van der Waals surface area contributed by atoms with Gasteiger partial charge in [-0.25, -0.2) is 0 Å². The van der Waals surface area contributed by atoms with Gasteiger partial charge in [-0.1, -0.05) is 40.0 Å². The molecule has 0 aliphatic carbocycles. The van der Waals surface area contributed by atoms with Crippen molar-refractivity contribution in [1.29, 1.82) is 0 Å². The molecule has 2 aromatic rings. The third kappa shape index (κ3) is 3.74. The molecule has 21 heavy (non-hydrogen) atoms. The molecule has 0 saturated carbocycles. The number of halogens is 4. The van der Waals surface area contributed by atoms with E-state index < -0.39 is 0 Å². The standard InChI is InChI=1S/C13H8BrCl3N2O2/c14-7-4-10(17)12(5-8(7)15)21-11-2-1-6(3-9(11)16)13(18)19-20/h1-5,20H,(H2,18,19). The van der Waals surface area contributed by atoms with Crippen LogP contribution in [-0.4, -0.2) is 11.0 Å². The summed E-state index contributed by atoms with van der Waals surface area (Å²) in [6, 6.07) is 7.90. The highest BCUT2D eigenvalue weighted by Crippen LogP contribution is 2.38. The van der Waals surface area contributed by atoms with Gasteiger partial charge in [-0.2, -0.15) is 0 Å². The van der Waals surface area contributed by atoms with Gasteiger partial charge >= 0.3 is 0 Å². The van der Waals surface area contributed by atoms with Gasteiger partial charge < -0.3 is 15.7 Å². The summed E-state index contributed by atoms with van der Waals surface area (Å²) >= 11 is 21.4. The van der Waals surface area contributed by atoms with Crippen molar-refractivity contribution in [2.75, 3.05) is 0 Å². The maximum absolute atomic E-state index is 8.63. The normalized spacial score (nSPS) is 11.5. The van der Waals surface area contributed by atoms with Crippen molar-refractivity contribution in [2.45, 2.75) is 0 Å². The lowest BCUT2D eigenvalue weighted by Gasteiger charge is -2.11. The number of hydrogen-bond donors (Lipinski definition) is 2. The molecule has 3 N–H and O–H groups in total. The molecule has 4 nitrogen and oxygen atoms in total. The summed E-state index contributed by atoms with van der Waals surface area (Å²) < 4.78 is 6.29. The fourth-order valence-corrected chi connectivity index (χ4v) is 2.55. The minimum Gasteiger partial charge on any atom is -0.454 e. The fourth-order valence-electron chi connectivity index (χ4n) is 1.50. The second-order valence-corrected chi connectivity index (χ2v) is 6.01. The maximum atomic E-state index is 8.63. The summed E-state index contributed by atoms with van der Waals surface area (Å²) in [6.07, 6.45) is 0. The summed E-state index contributed by atoms with van der Waals surface area (Å²) in [5.74, 6) is 0.683. The van der Waals surface area contributed by atoms with Gasteiger partial charge in [0, 0.05) is 16.1 Å². The van der Waals surface area contributed by atoms with Crippen LogP contribution in [-0.2, 0) is 0 Å². The van der Waals surface area contributed by atoms with E-state index in [1.54, 1.807) is 24.3 Å². The first-order valence-corrected chi connectivity index (χ1v) is 7.45. The van der Waals surface area contributed by atoms with Crippen LogP contribution < -0.4 is 10.5 Å². The van der Waals surface area contributed by atoms with Crippen LogP contribution in [0, 0.1) is 0 Å². The zero-order chi connectivity index (χ0) is 15.6. The minimum absolute atomic E-state index is 0.0480. The quantitative estimate of drug-likeness (QED) is 0.237. The average molecular weight is 410 g/mol. The molecule has 0 fully saturated rings. The monoisotopic (exact) mass is 408 g/mol. The van der Waals surface area contributed by atoms with Gasteiger partial charge in [-0.05, 0) is 40.2 Å². The topological polar surface area (TPSA) is 67.8 Å². The highest BCUT2D eigenvalue weighted by atomic mass is 79.9. The summed E-state index contributed by atoms with van der Waals surface area (Å²) in [5, 5.41) is 12.6. The summed E-state index contributed by atoms with van der Waals surface area (Å²) in [4.78, 5) is 0. The molecule has 0 aromatic heterocycles. The Kier molecular flexibility index (Phi) is 5.22. The Balaban J connectivity index is 2.34. The van der Waals surface area contributed by atoms with Crippen LogP contribution >= 0.6 is 50.7 Å². The van der Waals surface area contributed by atoms with Crippen LogP contribution in [0.25, 0.3) is 0 Å². The number of benzene rings is 2. The van der Waals surface area contributed by atoms with Crippen molar-refractivity contribution in [3.05, 3.63) is 55.4 Å². The molecular formula is C13H8BrCl3N2O2. The van der Waals surface area contributed by atoms with Gasteiger partial charge in [0.05, 0.1) is 15.1 Å². The molecule has 0 saturated heterocycles. The average Bonchev–Trinajstić information content (AvgIpc) is 2.45. The summed E-state index contributed by atoms with van der Waals surface area (Å²) in [5.41, 5.74) is 5.95. The smallest absolute Gasteiger partial charge is 0.170 e. The lowest BCUT2D eigenvalue weighted by molar-refractivity contribution is 0.318. The Hall–Kier alpha value is -1.14. The lowest BCUT2D eigenvalue weighted by Crippen LogP contribution is -2.12. The first kappa shape index (κ1) is 16.2. The van der Waals surface area contributed by atoms with Crippen molar-refractivity contribution in [1.82, 2.24) is 0 Å². The first-order chi connectivity index (χ1) is 9.92. The van der Waals surface area contributed by atoms with Crippen molar-refractivity contribution < 1.29 is 9.94 Å². The largest absolute Gasteiger partial charge is 0.454 e. The van der Waals surface area contributed by atoms with Crippen LogP contribution in [0.15, 0.2) is 40.0 Å². The first-order valence-electron chi connectivity index (χ1n) is 5.52. The third-order valence-electron chi connectivity index (χ3n) is 2.53. The van der Waals surface area contributed by atoms with Crippen molar-refractivity contribution in [3.8, 4) is 11.5 Å². The molecule has 0 unspecified atom stereocenters. The Morgan fingerprint density at radius 3 is 2.33 bits per heavy atom. The number of rotatable bonds is 3. The number of nitrogens with zero attached hydrogens (tertiary/aromatic N) is 1. The molecule has 0 bridgehead atoms. The molecule has 0 radical (unpaired) electrons. The number of ether oxygens (including phenoxy) is 1. The van der Waals surface area contributed by atoms with Crippen LogP contribution in [0.1, 0.15) is 5.56 Å². The van der Waals surface area contributed by atoms with Gasteiger partial charge in [-0.3, -0.25) is 0 Å². The molecule has 0 amide bonds. The second-order valence-electron chi connectivity index (χ2n) is 3.93. The van der Waals surface area contributed by atoms with E-state index in [0.717, 1.165) is 0 Å². The predicted molar refractivity (Wildman–Crippen MR) is 88.2 cm³/mol. The number of hydrogen-bond acceptors (Lipinski definition) is 3. The Bertz CT molecular complexity index is 723. The van der Waals surface area contributed by atoms with Crippen LogP contribution in [0.5, 0.6) is 11.5 Å². The van der Waals surface area contributed by atoms with E-state index in [1.807, 2.05) is 0 Å². The van der Waals surface area contributed by atoms with Gasteiger partial charge in [0.25, 0.3) is 0 Å². The molecule has 2 aromatic carbocycles. The zero-order valence-corrected chi connectivity index (χ0v) is 14.1. The highest BCUT2D eigenvalue weighted by molar-refractivity contribution is 9.10. The van der Waals surface area contributed by atoms with Crippen molar-refractivity contribution in [2.24, 2.45) is 10.9 Å². The van der Waals surface area contributed by atoms with E-state index in [0.29, 0.717) is 31.6 Å². The number of nitrogens with two attached hydrogens (primary N) is 1. The molecule has 0 atom stereocenters. The molecular weight excluding hydrogens is 402 g/mol. The summed E-state index contributed by atoms with van der Waals surface area (Å²) in [6.45, 7) is 0. The number of amidine groups is 1. The van der Waals surface area contributed by atoms with E-state index >= 15 is 0 Å². The van der Waals surface area contributed by atoms with E-state index in [-0.39, 0.29) is 10.9 Å². The molecule has 8 heteroatoms. The lowest BCUT2D eigenvalue weighted by atomic mass is 10.2. The molecule has 0 spiro atoms. The predicted octanol–water partition coefficient (Wildman–Crippen LogP) is 5.30.